The molecule has 0 aliphatic heterocycles. The number of hydrogen-bond donors (Lipinski definition) is 1. The van der Waals surface area contributed by atoms with Gasteiger partial charge in [0.05, 0.1) is 25.7 Å². The van der Waals surface area contributed by atoms with Crippen molar-refractivity contribution >= 4 is 11.9 Å². The van der Waals surface area contributed by atoms with Gasteiger partial charge >= 0.3 is 11.9 Å². The molecule has 0 heterocycles. The van der Waals surface area contributed by atoms with Crippen LogP contribution in [0.15, 0.2) is 36.0 Å². The highest BCUT2D eigenvalue weighted by Gasteiger charge is 2.14. The maximum Gasteiger partial charge on any atom is 0.330 e. The van der Waals surface area contributed by atoms with E-state index in [4.69, 9.17) is 9.47 Å². The second kappa shape index (κ2) is 35.0. The summed E-state index contributed by atoms with van der Waals surface area (Å²) in [6, 6.07) is 0. The highest BCUT2D eigenvalue weighted by atomic mass is 16.5. The molecule has 0 aliphatic carbocycles. The number of hydrogen-bond acceptors (Lipinski definition) is 5. The third kappa shape index (κ3) is 31.9. The van der Waals surface area contributed by atoms with E-state index in [0.29, 0.717) is 6.42 Å². The predicted octanol–water partition coefficient (Wildman–Crippen LogP) is 11.5. The summed E-state index contributed by atoms with van der Waals surface area (Å²) in [5, 5.41) is 9.72. The Morgan fingerprint density at radius 2 is 1.00 bits per heavy atom. The monoisotopic (exact) mass is 633 g/mol. The number of aliphatic hydroxyl groups is 1. The van der Waals surface area contributed by atoms with Gasteiger partial charge < -0.3 is 14.6 Å². The minimum atomic E-state index is -0.396. The topological polar surface area (TPSA) is 72.8 Å². The van der Waals surface area contributed by atoms with Gasteiger partial charge in [-0.3, -0.25) is 4.79 Å². The molecule has 5 nitrogen and oxygen atoms in total. The summed E-state index contributed by atoms with van der Waals surface area (Å²) < 4.78 is 10.8. The second-order valence-corrected chi connectivity index (χ2v) is 12.8. The van der Waals surface area contributed by atoms with Gasteiger partial charge in [-0.15, -0.1) is 0 Å². The lowest BCUT2D eigenvalue weighted by Crippen LogP contribution is -2.23. The average Bonchev–Trinajstić information content (AvgIpc) is 3.04. The quantitative estimate of drug-likeness (QED) is 0.0337. The minimum Gasteiger partial charge on any atom is -0.465 e. The van der Waals surface area contributed by atoms with Crippen LogP contribution in [0.1, 0.15) is 181 Å². The van der Waals surface area contributed by atoms with E-state index in [2.05, 4.69) is 45.1 Å². The first kappa shape index (κ1) is 43.1. The summed E-state index contributed by atoms with van der Waals surface area (Å²) in [7, 11) is 0. The van der Waals surface area contributed by atoms with E-state index in [1.165, 1.54) is 89.0 Å². The molecule has 0 aromatic rings. The Kier molecular flexibility index (Phi) is 33.5. The van der Waals surface area contributed by atoms with Gasteiger partial charge in [-0.2, -0.15) is 0 Å². The molecule has 5 heteroatoms. The average molecular weight is 633 g/mol. The van der Waals surface area contributed by atoms with Crippen molar-refractivity contribution in [1.82, 2.24) is 0 Å². The molecule has 0 fully saturated rings. The van der Waals surface area contributed by atoms with E-state index in [9.17, 15) is 14.7 Å². The van der Waals surface area contributed by atoms with Crippen molar-refractivity contribution in [2.24, 2.45) is 5.92 Å². The molecule has 1 atom stereocenters. The molecule has 0 bridgehead atoms. The van der Waals surface area contributed by atoms with E-state index >= 15 is 0 Å². The molecule has 0 aliphatic rings. The van der Waals surface area contributed by atoms with Crippen LogP contribution in [-0.2, 0) is 19.1 Å². The molecule has 0 spiro atoms. The first-order valence-corrected chi connectivity index (χ1v) is 19.0. The van der Waals surface area contributed by atoms with E-state index in [0.717, 1.165) is 70.6 Å². The van der Waals surface area contributed by atoms with Gasteiger partial charge in [-0.05, 0) is 64.2 Å². The van der Waals surface area contributed by atoms with Gasteiger partial charge in [0.25, 0.3) is 0 Å². The van der Waals surface area contributed by atoms with E-state index in [-0.39, 0.29) is 31.8 Å². The summed E-state index contributed by atoms with van der Waals surface area (Å²) in [6.45, 7) is 6.62. The third-order valence-electron chi connectivity index (χ3n) is 8.31. The number of allylic oxidation sites excluding steroid dienone is 5. The van der Waals surface area contributed by atoms with E-state index < -0.39 is 5.92 Å². The number of rotatable bonds is 33. The molecule has 0 saturated carbocycles. The van der Waals surface area contributed by atoms with Crippen LogP contribution in [0.5, 0.6) is 0 Å². The molecule has 1 N–H and O–H groups in total. The molecule has 0 amide bonds. The van der Waals surface area contributed by atoms with Gasteiger partial charge in [-0.1, -0.05) is 141 Å². The number of ether oxygens (including phenoxy) is 2. The molecular weight excluding hydrogens is 560 g/mol. The van der Waals surface area contributed by atoms with Crippen molar-refractivity contribution in [3.05, 3.63) is 36.0 Å². The van der Waals surface area contributed by atoms with Crippen molar-refractivity contribution < 1.29 is 24.2 Å². The Bertz CT molecular complexity index is 754. The Hall–Kier alpha value is -1.88. The zero-order valence-electron chi connectivity index (χ0n) is 29.8. The molecule has 0 aromatic carbocycles. The van der Waals surface area contributed by atoms with Crippen molar-refractivity contribution in [2.45, 2.75) is 181 Å². The maximum absolute atomic E-state index is 12.6. The smallest absolute Gasteiger partial charge is 0.330 e. The molecule has 0 aromatic heterocycles. The summed E-state index contributed by atoms with van der Waals surface area (Å²) in [6.07, 6.45) is 39.2. The van der Waals surface area contributed by atoms with E-state index in [1.807, 2.05) is 0 Å². The Labute approximate surface area is 278 Å². The van der Waals surface area contributed by atoms with Gasteiger partial charge in [0, 0.05) is 12.5 Å². The molecule has 0 saturated heterocycles. The van der Waals surface area contributed by atoms with Crippen molar-refractivity contribution in [1.29, 1.82) is 0 Å². The lowest BCUT2D eigenvalue weighted by Gasteiger charge is -2.15. The van der Waals surface area contributed by atoms with Crippen molar-refractivity contribution in [2.75, 3.05) is 19.8 Å². The number of unbranched alkanes of at least 4 members (excludes halogenated alkanes) is 17. The van der Waals surface area contributed by atoms with Crippen LogP contribution in [-0.4, -0.2) is 36.9 Å². The van der Waals surface area contributed by atoms with Gasteiger partial charge in [0.1, 0.15) is 0 Å². The fourth-order valence-electron chi connectivity index (χ4n) is 5.28. The number of carbonyl (C=O) groups is 2. The molecular formula is C40H72O5. The zero-order chi connectivity index (χ0) is 33.1. The molecule has 45 heavy (non-hydrogen) atoms. The summed E-state index contributed by atoms with van der Waals surface area (Å²) >= 11 is 0. The normalized spacial score (nSPS) is 12.8. The van der Waals surface area contributed by atoms with Crippen LogP contribution in [0, 0.1) is 5.92 Å². The fourth-order valence-corrected chi connectivity index (χ4v) is 5.28. The van der Waals surface area contributed by atoms with Gasteiger partial charge in [-0.25, -0.2) is 4.79 Å². The Morgan fingerprint density at radius 1 is 0.556 bits per heavy atom. The lowest BCUT2D eigenvalue weighted by molar-refractivity contribution is -0.147. The largest absolute Gasteiger partial charge is 0.465 e. The van der Waals surface area contributed by atoms with Gasteiger partial charge in [0.15, 0.2) is 0 Å². The Morgan fingerprint density at radius 3 is 1.60 bits per heavy atom. The van der Waals surface area contributed by atoms with E-state index in [1.54, 1.807) is 6.08 Å². The van der Waals surface area contributed by atoms with Crippen LogP contribution in [0.3, 0.4) is 0 Å². The van der Waals surface area contributed by atoms with Gasteiger partial charge in [0.2, 0.25) is 0 Å². The van der Waals surface area contributed by atoms with Crippen LogP contribution in [0.4, 0.5) is 0 Å². The van der Waals surface area contributed by atoms with Crippen molar-refractivity contribution in [3.8, 4) is 0 Å². The third-order valence-corrected chi connectivity index (χ3v) is 8.31. The van der Waals surface area contributed by atoms with Crippen molar-refractivity contribution in [3.63, 3.8) is 0 Å². The Balaban J connectivity index is 4.09. The number of esters is 2. The zero-order valence-corrected chi connectivity index (χ0v) is 29.8. The first-order valence-electron chi connectivity index (χ1n) is 19.0. The summed E-state index contributed by atoms with van der Waals surface area (Å²) in [4.78, 5) is 24.7. The number of aliphatic hydroxyl groups excluding tert-OH is 1. The highest BCUT2D eigenvalue weighted by molar-refractivity contribution is 5.82. The molecule has 0 radical (unpaired) electrons. The summed E-state index contributed by atoms with van der Waals surface area (Å²) in [5.74, 6) is -0.989. The summed E-state index contributed by atoms with van der Waals surface area (Å²) in [5.41, 5.74) is 1.17. The molecule has 1 unspecified atom stereocenters. The fraction of sp³-hybridized carbons (Fsp3) is 0.800. The second-order valence-electron chi connectivity index (χ2n) is 12.8. The number of carbonyl (C=O) groups excluding carboxylic acids is 2. The highest BCUT2D eigenvalue weighted by Crippen LogP contribution is 2.18. The predicted molar refractivity (Wildman–Crippen MR) is 191 cm³/mol. The van der Waals surface area contributed by atoms with Crippen LogP contribution < -0.4 is 0 Å². The first-order chi connectivity index (χ1) is 22.1. The van der Waals surface area contributed by atoms with Crippen LogP contribution in [0.25, 0.3) is 0 Å². The lowest BCUT2D eigenvalue weighted by atomic mass is 9.99. The van der Waals surface area contributed by atoms with Crippen LogP contribution in [0.2, 0.25) is 0 Å². The van der Waals surface area contributed by atoms with Crippen LogP contribution >= 0.6 is 0 Å². The standard InChI is InChI=1S/C40H72O5/c1-4-7-10-12-14-16-17-18-19-20-21-22-24-26-29-32-39(42)44-35-38(34-41)36-45-40(43)33-37(30-27-9-6-3)31-28-25-23-15-13-11-8-5-2/h14,16,18-19,33,38,41H,4-13,15,17,20-32,34-36H2,1-3H3/b16-14-,19-18-,37-33+. The molecule has 262 valence electrons. The maximum atomic E-state index is 12.6. The minimum absolute atomic E-state index is 0.0583. The SMILES string of the molecule is CCCCC/C=C\C/C=C\CCCCCCCC(=O)OCC(CO)COC(=O)/C=C(\CCCCC)CCCCCCCCCC. The molecule has 0 rings (SSSR count).